The molecule has 5 heteroatoms. The lowest BCUT2D eigenvalue weighted by atomic mass is 9.91. The zero-order chi connectivity index (χ0) is 18.3. The van der Waals surface area contributed by atoms with Gasteiger partial charge in [-0.25, -0.2) is 0 Å². The molecular weight excluding hydrogens is 346 g/mol. The number of benzene rings is 1. The topological polar surface area (TPSA) is 49.0 Å². The van der Waals surface area contributed by atoms with E-state index in [1.54, 1.807) is 12.3 Å². The minimum absolute atomic E-state index is 0.00131. The average molecular weight is 368 g/mol. The molecule has 3 heterocycles. The average Bonchev–Trinajstić information content (AvgIpc) is 3.00. The fraction of sp³-hybridized carbons (Fsp3) is 0.333. The van der Waals surface area contributed by atoms with Crippen LogP contribution in [0, 0.1) is 5.92 Å². The number of nitrogens with zero attached hydrogens (tertiary/aromatic N) is 2. The lowest BCUT2D eigenvalue weighted by Crippen LogP contribution is -2.41. The molecule has 3 aromatic rings. The van der Waals surface area contributed by atoms with Gasteiger partial charge < -0.3 is 9.88 Å². The standard InChI is InChI=1S/C21H22ClN3O/c1-13(2)11-19-20-15(16-12-14(22)6-7-17(16)24-20)8-10-25(19)21(26)18-5-3-4-9-23-18/h3-7,9,12-13,19,24H,8,10-11H2,1-2H3. The van der Waals surface area contributed by atoms with Crippen LogP contribution in [0.1, 0.15) is 48.1 Å². The Morgan fingerprint density at radius 3 is 2.92 bits per heavy atom. The first-order chi connectivity index (χ1) is 12.5. The van der Waals surface area contributed by atoms with Crippen LogP contribution in [-0.2, 0) is 6.42 Å². The Kier molecular flexibility index (Phi) is 4.45. The number of nitrogens with one attached hydrogen (secondary N) is 1. The van der Waals surface area contributed by atoms with Gasteiger partial charge in [-0.3, -0.25) is 9.78 Å². The van der Waals surface area contributed by atoms with Gasteiger partial charge >= 0.3 is 0 Å². The van der Waals surface area contributed by atoms with E-state index < -0.39 is 0 Å². The minimum atomic E-state index is -0.00131. The van der Waals surface area contributed by atoms with E-state index in [-0.39, 0.29) is 11.9 Å². The van der Waals surface area contributed by atoms with E-state index in [1.165, 1.54) is 10.9 Å². The Bertz CT molecular complexity index is 949. The van der Waals surface area contributed by atoms with Gasteiger partial charge in [0.05, 0.1) is 6.04 Å². The fourth-order valence-corrected chi connectivity index (χ4v) is 4.08. The third-order valence-corrected chi connectivity index (χ3v) is 5.29. The maximum Gasteiger partial charge on any atom is 0.273 e. The van der Waals surface area contributed by atoms with Crippen LogP contribution in [0.4, 0.5) is 0 Å². The summed E-state index contributed by atoms with van der Waals surface area (Å²) in [6.07, 6.45) is 3.40. The molecule has 0 aliphatic carbocycles. The van der Waals surface area contributed by atoms with Crippen LogP contribution in [0.15, 0.2) is 42.6 Å². The molecule has 1 unspecified atom stereocenters. The molecule has 2 aromatic heterocycles. The first kappa shape index (κ1) is 17.1. The molecule has 4 nitrogen and oxygen atoms in total. The molecular formula is C21H22ClN3O. The highest BCUT2D eigenvalue weighted by Gasteiger charge is 2.34. The number of fused-ring (bicyclic) bond motifs is 3. The van der Waals surface area contributed by atoms with Crippen molar-refractivity contribution in [1.29, 1.82) is 0 Å². The zero-order valence-corrected chi connectivity index (χ0v) is 15.8. The molecule has 0 saturated carbocycles. The highest BCUT2D eigenvalue weighted by atomic mass is 35.5. The highest BCUT2D eigenvalue weighted by molar-refractivity contribution is 6.31. The molecule has 0 radical (unpaired) electrons. The summed E-state index contributed by atoms with van der Waals surface area (Å²) in [7, 11) is 0. The van der Waals surface area contributed by atoms with E-state index in [9.17, 15) is 4.79 Å². The Hall–Kier alpha value is -2.33. The lowest BCUT2D eigenvalue weighted by molar-refractivity contribution is 0.0626. The van der Waals surface area contributed by atoms with E-state index in [0.29, 0.717) is 18.2 Å². The van der Waals surface area contributed by atoms with E-state index in [0.717, 1.165) is 29.1 Å². The summed E-state index contributed by atoms with van der Waals surface area (Å²) >= 11 is 6.21. The first-order valence-corrected chi connectivity index (χ1v) is 9.44. The largest absolute Gasteiger partial charge is 0.356 e. The second-order valence-corrected chi connectivity index (χ2v) is 7.75. The Balaban J connectivity index is 1.78. The van der Waals surface area contributed by atoms with Gasteiger partial charge in [-0.15, -0.1) is 0 Å². The van der Waals surface area contributed by atoms with Crippen LogP contribution in [0.3, 0.4) is 0 Å². The zero-order valence-electron chi connectivity index (χ0n) is 15.0. The predicted molar refractivity (Wildman–Crippen MR) is 104 cm³/mol. The number of aromatic nitrogens is 2. The summed E-state index contributed by atoms with van der Waals surface area (Å²) in [6, 6.07) is 11.5. The summed E-state index contributed by atoms with van der Waals surface area (Å²) < 4.78 is 0. The van der Waals surface area contributed by atoms with Crippen molar-refractivity contribution in [2.45, 2.75) is 32.7 Å². The highest BCUT2D eigenvalue weighted by Crippen LogP contribution is 2.39. The number of hydrogen-bond donors (Lipinski definition) is 1. The van der Waals surface area contributed by atoms with Gasteiger partial charge in [-0.05, 0) is 54.7 Å². The smallest absolute Gasteiger partial charge is 0.273 e. The number of halogens is 1. The third-order valence-electron chi connectivity index (χ3n) is 5.05. The molecule has 1 amide bonds. The number of H-pyrrole nitrogens is 1. The summed E-state index contributed by atoms with van der Waals surface area (Å²) in [5, 5.41) is 1.91. The van der Waals surface area contributed by atoms with Crippen LogP contribution in [0.25, 0.3) is 10.9 Å². The Labute approximate surface area is 158 Å². The molecule has 0 saturated heterocycles. The molecule has 134 valence electrons. The minimum Gasteiger partial charge on any atom is -0.356 e. The van der Waals surface area contributed by atoms with Gasteiger partial charge in [-0.2, -0.15) is 0 Å². The van der Waals surface area contributed by atoms with Crippen molar-refractivity contribution in [3.05, 3.63) is 64.6 Å². The molecule has 1 aliphatic rings. The third kappa shape index (κ3) is 2.99. The number of carbonyl (C=O) groups is 1. The lowest BCUT2D eigenvalue weighted by Gasteiger charge is -2.36. The van der Waals surface area contributed by atoms with E-state index in [2.05, 4.69) is 23.8 Å². The second-order valence-electron chi connectivity index (χ2n) is 7.32. The monoisotopic (exact) mass is 367 g/mol. The number of amides is 1. The Morgan fingerprint density at radius 1 is 1.35 bits per heavy atom. The van der Waals surface area contributed by atoms with Crippen molar-refractivity contribution >= 4 is 28.4 Å². The number of aromatic amines is 1. The quantitative estimate of drug-likeness (QED) is 0.708. The van der Waals surface area contributed by atoms with Crippen molar-refractivity contribution in [2.75, 3.05) is 6.54 Å². The molecule has 1 aliphatic heterocycles. The van der Waals surface area contributed by atoms with Crippen LogP contribution in [0.2, 0.25) is 5.02 Å². The van der Waals surface area contributed by atoms with Gasteiger partial charge in [0, 0.05) is 34.4 Å². The summed E-state index contributed by atoms with van der Waals surface area (Å²) in [5.41, 5.74) is 4.02. The van der Waals surface area contributed by atoms with Crippen molar-refractivity contribution in [1.82, 2.24) is 14.9 Å². The summed E-state index contributed by atoms with van der Waals surface area (Å²) in [4.78, 5) is 22.9. The molecule has 26 heavy (non-hydrogen) atoms. The molecule has 4 rings (SSSR count). The van der Waals surface area contributed by atoms with Crippen LogP contribution >= 0.6 is 11.6 Å². The van der Waals surface area contributed by atoms with Crippen LogP contribution in [0.5, 0.6) is 0 Å². The maximum atomic E-state index is 13.1. The molecule has 0 fully saturated rings. The number of carbonyl (C=O) groups excluding carboxylic acids is 1. The predicted octanol–water partition coefficient (Wildman–Crippen LogP) is 5.00. The first-order valence-electron chi connectivity index (χ1n) is 9.06. The van der Waals surface area contributed by atoms with Gasteiger partial charge in [0.15, 0.2) is 0 Å². The van der Waals surface area contributed by atoms with Crippen LogP contribution < -0.4 is 0 Å². The van der Waals surface area contributed by atoms with Gasteiger partial charge in [0.2, 0.25) is 0 Å². The van der Waals surface area contributed by atoms with E-state index >= 15 is 0 Å². The second kappa shape index (κ2) is 6.76. The van der Waals surface area contributed by atoms with Gasteiger partial charge in [0.1, 0.15) is 5.69 Å². The van der Waals surface area contributed by atoms with Crippen molar-refractivity contribution in [3.63, 3.8) is 0 Å². The van der Waals surface area contributed by atoms with Gasteiger partial charge in [0.25, 0.3) is 5.91 Å². The molecule has 1 N–H and O–H groups in total. The van der Waals surface area contributed by atoms with Crippen molar-refractivity contribution in [2.24, 2.45) is 5.92 Å². The summed E-state index contributed by atoms with van der Waals surface area (Å²) in [5.74, 6) is 0.471. The van der Waals surface area contributed by atoms with E-state index in [1.807, 2.05) is 35.2 Å². The van der Waals surface area contributed by atoms with Crippen LogP contribution in [-0.4, -0.2) is 27.3 Å². The fourth-order valence-electron chi connectivity index (χ4n) is 3.91. The van der Waals surface area contributed by atoms with Crippen molar-refractivity contribution in [3.8, 4) is 0 Å². The SMILES string of the molecule is CC(C)CC1c2[nH]c3ccc(Cl)cc3c2CCN1C(=O)c1ccccn1. The molecule has 0 bridgehead atoms. The maximum absolute atomic E-state index is 13.1. The number of hydrogen-bond acceptors (Lipinski definition) is 2. The molecule has 1 atom stereocenters. The van der Waals surface area contributed by atoms with Crippen molar-refractivity contribution < 1.29 is 4.79 Å². The molecule has 0 spiro atoms. The van der Waals surface area contributed by atoms with E-state index in [4.69, 9.17) is 11.6 Å². The number of pyridine rings is 1. The Morgan fingerprint density at radius 2 is 2.19 bits per heavy atom. The molecule has 1 aromatic carbocycles. The number of rotatable bonds is 3. The normalized spacial score (nSPS) is 16.9. The summed E-state index contributed by atoms with van der Waals surface area (Å²) in [6.45, 7) is 5.08. The van der Waals surface area contributed by atoms with Gasteiger partial charge in [-0.1, -0.05) is 31.5 Å².